The molecule has 27 heavy (non-hydrogen) atoms. The highest BCUT2D eigenvalue weighted by Gasteiger charge is 2.10. The van der Waals surface area contributed by atoms with Crippen LogP contribution < -0.4 is 10.6 Å². The summed E-state index contributed by atoms with van der Waals surface area (Å²) in [4.78, 5) is 50.0. The number of amides is 2. The minimum atomic E-state index is -0.589. The molecule has 9 heteroatoms. The number of hydrogen-bond acceptors (Lipinski definition) is 7. The summed E-state index contributed by atoms with van der Waals surface area (Å²) in [5.41, 5.74) is 0.255. The first kappa shape index (κ1) is 21.8. The van der Waals surface area contributed by atoms with E-state index in [1.807, 2.05) is 0 Å². The van der Waals surface area contributed by atoms with Gasteiger partial charge in [0.25, 0.3) is 0 Å². The Morgan fingerprint density at radius 3 is 2.19 bits per heavy atom. The van der Waals surface area contributed by atoms with E-state index in [0.29, 0.717) is 12.2 Å². The maximum absolute atomic E-state index is 11.9. The second kappa shape index (κ2) is 11.4. The van der Waals surface area contributed by atoms with Gasteiger partial charge in [0.2, 0.25) is 11.8 Å². The zero-order valence-electron chi connectivity index (χ0n) is 15.4. The molecule has 0 aliphatic heterocycles. The number of anilines is 2. The Morgan fingerprint density at radius 2 is 1.59 bits per heavy atom. The van der Waals surface area contributed by atoms with Crippen molar-refractivity contribution in [2.75, 3.05) is 23.8 Å². The van der Waals surface area contributed by atoms with Crippen molar-refractivity contribution in [3.8, 4) is 0 Å². The van der Waals surface area contributed by atoms with Crippen LogP contribution in [0.2, 0.25) is 0 Å². The van der Waals surface area contributed by atoms with Crippen LogP contribution in [0.5, 0.6) is 0 Å². The Labute approximate surface area is 157 Å². The highest BCUT2D eigenvalue weighted by molar-refractivity contribution is 5.93. The number of carbonyl (C=O) groups excluding carboxylic acids is 4. The van der Waals surface area contributed by atoms with Crippen LogP contribution in [0.25, 0.3) is 0 Å². The lowest BCUT2D eigenvalue weighted by molar-refractivity contribution is -0.150. The monoisotopic (exact) mass is 377 g/mol. The van der Waals surface area contributed by atoms with Gasteiger partial charge in [-0.1, -0.05) is 19.6 Å². The maximum Gasteiger partial charge on any atom is 0.333 e. The molecule has 0 aliphatic rings. The molecule has 0 bridgehead atoms. The lowest BCUT2D eigenvalue weighted by Gasteiger charge is -2.08. The van der Waals surface area contributed by atoms with Gasteiger partial charge in [0.1, 0.15) is 24.8 Å². The van der Waals surface area contributed by atoms with Crippen molar-refractivity contribution < 1.29 is 28.7 Å². The summed E-state index contributed by atoms with van der Waals surface area (Å²) in [5.74, 6) is -1.18. The molecule has 0 radical (unpaired) electrons. The molecule has 1 rings (SSSR count). The zero-order chi connectivity index (χ0) is 20.2. The van der Waals surface area contributed by atoms with Crippen molar-refractivity contribution in [3.63, 3.8) is 0 Å². The fourth-order valence-corrected chi connectivity index (χ4v) is 1.71. The number of nitrogens with zero attached hydrogens (tertiary/aromatic N) is 1. The average molecular weight is 377 g/mol. The number of carbonyl (C=O) groups is 4. The van der Waals surface area contributed by atoms with Crippen LogP contribution in [0, 0.1) is 0 Å². The van der Waals surface area contributed by atoms with Crippen molar-refractivity contribution in [2.24, 2.45) is 0 Å². The first-order valence-corrected chi connectivity index (χ1v) is 8.36. The van der Waals surface area contributed by atoms with Crippen LogP contribution in [0.15, 0.2) is 30.4 Å². The highest BCUT2D eigenvalue weighted by atomic mass is 16.6. The van der Waals surface area contributed by atoms with Crippen molar-refractivity contribution in [1.29, 1.82) is 0 Å². The first-order chi connectivity index (χ1) is 12.8. The fraction of sp³-hybridized carbons (Fsp3) is 0.389. The smallest absolute Gasteiger partial charge is 0.333 e. The van der Waals surface area contributed by atoms with Crippen LogP contribution >= 0.6 is 0 Å². The van der Waals surface area contributed by atoms with Crippen molar-refractivity contribution in [2.45, 2.75) is 33.1 Å². The van der Waals surface area contributed by atoms with E-state index in [2.05, 4.69) is 22.2 Å². The van der Waals surface area contributed by atoms with E-state index < -0.39 is 17.8 Å². The van der Waals surface area contributed by atoms with Crippen LogP contribution in [0.1, 0.15) is 33.1 Å². The molecule has 9 nitrogen and oxygen atoms in total. The topological polar surface area (TPSA) is 124 Å². The van der Waals surface area contributed by atoms with E-state index in [-0.39, 0.29) is 43.4 Å². The predicted octanol–water partition coefficient (Wildman–Crippen LogP) is 1.81. The molecule has 0 fully saturated rings. The maximum atomic E-state index is 11.9. The number of ether oxygens (including phenoxy) is 2. The minimum absolute atomic E-state index is 0.0795. The Balaban J connectivity index is 2.31. The summed E-state index contributed by atoms with van der Waals surface area (Å²) in [6, 6.07) is 4.80. The van der Waals surface area contributed by atoms with Gasteiger partial charge in [0, 0.05) is 18.4 Å². The number of hydrogen-bond donors (Lipinski definition) is 2. The Morgan fingerprint density at radius 1 is 1.00 bits per heavy atom. The normalized spacial score (nSPS) is 9.85. The van der Waals surface area contributed by atoms with Gasteiger partial charge in [-0.2, -0.15) is 0 Å². The number of rotatable bonds is 10. The first-order valence-electron chi connectivity index (χ1n) is 8.36. The lowest BCUT2D eigenvalue weighted by Crippen LogP contribution is -2.18. The number of esters is 2. The lowest BCUT2D eigenvalue weighted by atomic mass is 10.3. The van der Waals surface area contributed by atoms with E-state index in [0.717, 1.165) is 0 Å². The van der Waals surface area contributed by atoms with Gasteiger partial charge < -0.3 is 20.1 Å². The van der Waals surface area contributed by atoms with E-state index >= 15 is 0 Å². The molecule has 0 aliphatic carbocycles. The van der Waals surface area contributed by atoms with Crippen molar-refractivity contribution in [3.05, 3.63) is 30.4 Å². The molecule has 0 atom stereocenters. The quantitative estimate of drug-likeness (QED) is 0.362. The van der Waals surface area contributed by atoms with Gasteiger partial charge in [-0.15, -0.1) is 0 Å². The SMILES string of the molecule is C=C(C)C(=O)OCCOC(=O)CCC(=O)Nc1cccc(NC(=O)CC)n1. The Hall–Kier alpha value is -3.23. The van der Waals surface area contributed by atoms with Gasteiger partial charge >= 0.3 is 11.9 Å². The molecule has 0 unspecified atom stereocenters. The third kappa shape index (κ3) is 9.15. The van der Waals surface area contributed by atoms with Crippen LogP contribution in [0.3, 0.4) is 0 Å². The average Bonchev–Trinajstić information content (AvgIpc) is 2.63. The predicted molar refractivity (Wildman–Crippen MR) is 97.8 cm³/mol. The summed E-state index contributed by atoms with van der Waals surface area (Å²) in [5, 5.41) is 5.12. The van der Waals surface area contributed by atoms with E-state index in [9.17, 15) is 19.2 Å². The molecular weight excluding hydrogens is 354 g/mol. The summed E-state index contributed by atoms with van der Waals surface area (Å²) in [6.07, 6.45) is 0.0803. The molecule has 0 saturated carbocycles. The van der Waals surface area contributed by atoms with Crippen LogP contribution in [-0.4, -0.2) is 42.0 Å². The molecule has 1 aromatic rings. The molecule has 146 valence electrons. The van der Waals surface area contributed by atoms with Gasteiger partial charge in [-0.25, -0.2) is 9.78 Å². The molecule has 2 amide bonds. The van der Waals surface area contributed by atoms with Gasteiger partial charge in [-0.05, 0) is 19.1 Å². The molecule has 0 aromatic carbocycles. The van der Waals surface area contributed by atoms with Gasteiger partial charge in [0.15, 0.2) is 0 Å². The standard InChI is InChI=1S/C18H23N3O6/c1-4-15(22)20-13-6-5-7-14(19-13)21-16(23)8-9-17(24)26-10-11-27-18(25)12(2)3/h5-7H,2,4,8-11H2,1,3H3,(H2,19,20,21,22,23). The molecule has 2 N–H and O–H groups in total. The summed E-state index contributed by atoms with van der Waals surface area (Å²) in [7, 11) is 0. The van der Waals surface area contributed by atoms with Crippen LogP contribution in [0.4, 0.5) is 11.6 Å². The van der Waals surface area contributed by atoms with Crippen molar-refractivity contribution in [1.82, 2.24) is 4.98 Å². The molecular formula is C18H23N3O6. The second-order valence-corrected chi connectivity index (χ2v) is 5.49. The van der Waals surface area contributed by atoms with E-state index in [1.54, 1.807) is 25.1 Å². The van der Waals surface area contributed by atoms with Crippen LogP contribution in [-0.2, 0) is 28.7 Å². The van der Waals surface area contributed by atoms with Gasteiger partial charge in [-0.3, -0.25) is 14.4 Å². The summed E-state index contributed by atoms with van der Waals surface area (Å²) < 4.78 is 9.63. The highest BCUT2D eigenvalue weighted by Crippen LogP contribution is 2.10. The third-order valence-electron chi connectivity index (χ3n) is 3.09. The van der Waals surface area contributed by atoms with E-state index in [4.69, 9.17) is 9.47 Å². The zero-order valence-corrected chi connectivity index (χ0v) is 15.4. The molecule has 0 spiro atoms. The summed E-state index contributed by atoms with van der Waals surface area (Å²) >= 11 is 0. The van der Waals surface area contributed by atoms with E-state index in [1.165, 1.54) is 6.92 Å². The number of aromatic nitrogens is 1. The Kier molecular flexibility index (Phi) is 9.21. The molecule has 1 aromatic heterocycles. The fourth-order valence-electron chi connectivity index (χ4n) is 1.71. The molecule has 0 saturated heterocycles. The second-order valence-electron chi connectivity index (χ2n) is 5.49. The number of pyridine rings is 1. The minimum Gasteiger partial charge on any atom is -0.462 e. The Bertz CT molecular complexity index is 717. The largest absolute Gasteiger partial charge is 0.462 e. The third-order valence-corrected chi connectivity index (χ3v) is 3.09. The summed E-state index contributed by atoms with van der Waals surface area (Å²) in [6.45, 7) is 6.47. The van der Waals surface area contributed by atoms with Gasteiger partial charge in [0.05, 0.1) is 6.42 Å². The molecule has 1 heterocycles. The number of nitrogens with one attached hydrogen (secondary N) is 2. The van der Waals surface area contributed by atoms with Crippen molar-refractivity contribution >= 4 is 35.4 Å².